The summed E-state index contributed by atoms with van der Waals surface area (Å²) in [6, 6.07) is 3.31. The topological polar surface area (TPSA) is 64.6 Å². The van der Waals surface area contributed by atoms with Gasteiger partial charge in [0.1, 0.15) is 5.75 Å². The van der Waals surface area contributed by atoms with Crippen molar-refractivity contribution in [3.05, 3.63) is 23.3 Å². The van der Waals surface area contributed by atoms with Crippen LogP contribution in [0.4, 0.5) is 0 Å². The lowest BCUT2D eigenvalue weighted by molar-refractivity contribution is 0.0179. The van der Waals surface area contributed by atoms with Crippen molar-refractivity contribution in [1.29, 1.82) is 0 Å². The molecule has 7 heteroatoms. The Morgan fingerprint density at radius 1 is 1.30 bits per heavy atom. The molecule has 1 heterocycles. The highest BCUT2D eigenvalue weighted by atomic mass is 32.2. The Labute approximate surface area is 143 Å². The highest BCUT2D eigenvalue weighted by Gasteiger charge is 2.35. The number of thioether (sulfide) groups is 1. The van der Waals surface area contributed by atoms with Gasteiger partial charge in [-0.15, -0.1) is 0 Å². The third kappa shape index (κ3) is 4.21. The molecule has 130 valence electrons. The van der Waals surface area contributed by atoms with Crippen LogP contribution in [0.25, 0.3) is 0 Å². The normalized spacial score (nSPS) is 21.6. The maximum atomic E-state index is 12.6. The number of ether oxygens (including phenoxy) is 2. The first-order chi connectivity index (χ1) is 10.8. The van der Waals surface area contributed by atoms with Crippen LogP contribution in [0, 0.1) is 13.8 Å². The Bertz CT molecular complexity index is 629. The van der Waals surface area contributed by atoms with E-state index < -0.39 is 15.6 Å². The molecule has 1 fully saturated rings. The smallest absolute Gasteiger partial charge is 0.240 e. The predicted octanol–water partition coefficient (Wildman–Crippen LogP) is 2.50. The number of rotatable bonds is 7. The number of methoxy groups -OCH3 is 1. The first kappa shape index (κ1) is 18.6. The molecular weight excluding hydrogens is 334 g/mol. The van der Waals surface area contributed by atoms with Crippen LogP contribution in [-0.2, 0) is 14.8 Å². The van der Waals surface area contributed by atoms with Gasteiger partial charge in [0.25, 0.3) is 0 Å². The minimum absolute atomic E-state index is 0.271. The van der Waals surface area contributed by atoms with Crippen LogP contribution in [0.15, 0.2) is 17.0 Å². The van der Waals surface area contributed by atoms with Crippen LogP contribution in [0.2, 0.25) is 0 Å². The van der Waals surface area contributed by atoms with E-state index in [0.29, 0.717) is 13.2 Å². The number of nitrogens with one attached hydrogen (secondary N) is 1. The summed E-state index contributed by atoms with van der Waals surface area (Å²) in [7, 11) is -1.92. The SMILES string of the molecule is CCOc1c(C)cc(S(=O)(=O)NCC2(OC)CCSC2)cc1C. The van der Waals surface area contributed by atoms with Gasteiger partial charge in [-0.25, -0.2) is 13.1 Å². The van der Waals surface area contributed by atoms with Crippen molar-refractivity contribution in [2.45, 2.75) is 37.7 Å². The van der Waals surface area contributed by atoms with Crippen LogP contribution in [0.5, 0.6) is 5.75 Å². The summed E-state index contributed by atoms with van der Waals surface area (Å²) in [6.45, 7) is 6.49. The van der Waals surface area contributed by atoms with Gasteiger partial charge in [-0.05, 0) is 56.2 Å². The fourth-order valence-electron chi connectivity index (χ4n) is 2.71. The quantitative estimate of drug-likeness (QED) is 0.810. The van der Waals surface area contributed by atoms with Crippen LogP contribution in [0.3, 0.4) is 0 Å². The Hall–Kier alpha value is -0.760. The maximum absolute atomic E-state index is 12.6. The molecule has 0 aromatic heterocycles. The maximum Gasteiger partial charge on any atom is 0.240 e. The highest BCUT2D eigenvalue weighted by Crippen LogP contribution is 2.31. The van der Waals surface area contributed by atoms with Crippen molar-refractivity contribution in [2.24, 2.45) is 0 Å². The van der Waals surface area contributed by atoms with E-state index in [1.807, 2.05) is 20.8 Å². The fourth-order valence-corrected chi connectivity index (χ4v) is 5.39. The molecule has 0 amide bonds. The molecule has 1 saturated heterocycles. The zero-order valence-corrected chi connectivity index (χ0v) is 15.8. The summed E-state index contributed by atoms with van der Waals surface area (Å²) >= 11 is 1.79. The Morgan fingerprint density at radius 3 is 2.43 bits per heavy atom. The second-order valence-electron chi connectivity index (χ2n) is 5.83. The molecule has 0 saturated carbocycles. The third-order valence-electron chi connectivity index (χ3n) is 4.12. The molecule has 2 rings (SSSR count). The summed E-state index contributed by atoms with van der Waals surface area (Å²) in [6.07, 6.45) is 0.859. The zero-order valence-electron chi connectivity index (χ0n) is 14.1. The summed E-state index contributed by atoms with van der Waals surface area (Å²) < 4.78 is 39.1. The van der Waals surface area contributed by atoms with E-state index in [1.165, 1.54) is 0 Å². The molecule has 1 aliphatic rings. The van der Waals surface area contributed by atoms with Gasteiger partial charge >= 0.3 is 0 Å². The molecule has 1 atom stereocenters. The highest BCUT2D eigenvalue weighted by molar-refractivity contribution is 7.99. The molecule has 1 aliphatic heterocycles. The van der Waals surface area contributed by atoms with E-state index in [4.69, 9.17) is 9.47 Å². The first-order valence-corrected chi connectivity index (χ1v) is 10.3. The van der Waals surface area contributed by atoms with Crippen molar-refractivity contribution in [2.75, 3.05) is 31.8 Å². The second-order valence-corrected chi connectivity index (χ2v) is 8.71. The van der Waals surface area contributed by atoms with E-state index in [2.05, 4.69) is 4.72 Å². The number of aryl methyl sites for hydroxylation is 2. The summed E-state index contributed by atoms with van der Waals surface area (Å²) in [5.41, 5.74) is 1.25. The van der Waals surface area contributed by atoms with Gasteiger partial charge in [-0.3, -0.25) is 0 Å². The van der Waals surface area contributed by atoms with Gasteiger partial charge in [-0.1, -0.05) is 0 Å². The zero-order chi connectivity index (χ0) is 17.1. The lowest BCUT2D eigenvalue weighted by atomic mass is 10.0. The standard InChI is InChI=1S/C16H25NO4S2/c1-5-21-15-12(2)8-14(9-13(15)3)23(18,19)17-10-16(20-4)6-7-22-11-16/h8-9,17H,5-7,10-11H2,1-4H3. The van der Waals surface area contributed by atoms with Crippen molar-refractivity contribution < 1.29 is 17.9 Å². The Morgan fingerprint density at radius 2 is 1.96 bits per heavy atom. The average Bonchev–Trinajstić information content (AvgIpc) is 2.98. The molecule has 1 aromatic rings. The van der Waals surface area contributed by atoms with Gasteiger partial charge in [0, 0.05) is 19.4 Å². The number of benzene rings is 1. The van der Waals surface area contributed by atoms with E-state index in [0.717, 1.165) is 34.8 Å². The van der Waals surface area contributed by atoms with Crippen LogP contribution in [0.1, 0.15) is 24.5 Å². The first-order valence-electron chi connectivity index (χ1n) is 7.70. The molecule has 23 heavy (non-hydrogen) atoms. The minimum atomic E-state index is -3.57. The van der Waals surface area contributed by atoms with Gasteiger partial charge in [-0.2, -0.15) is 11.8 Å². The number of hydrogen-bond acceptors (Lipinski definition) is 5. The molecule has 1 unspecified atom stereocenters. The van der Waals surface area contributed by atoms with Crippen LogP contribution >= 0.6 is 11.8 Å². The monoisotopic (exact) mass is 359 g/mol. The fraction of sp³-hybridized carbons (Fsp3) is 0.625. The number of sulfonamides is 1. The molecule has 5 nitrogen and oxygen atoms in total. The third-order valence-corrected chi connectivity index (χ3v) is 6.72. The molecule has 1 N–H and O–H groups in total. The van der Waals surface area contributed by atoms with Gasteiger partial charge in [0.05, 0.1) is 17.1 Å². The molecular formula is C16H25NO4S2. The van der Waals surface area contributed by atoms with E-state index in [9.17, 15) is 8.42 Å². The molecule has 0 bridgehead atoms. The largest absolute Gasteiger partial charge is 0.493 e. The minimum Gasteiger partial charge on any atom is -0.493 e. The van der Waals surface area contributed by atoms with Crippen LogP contribution in [-0.4, -0.2) is 45.8 Å². The van der Waals surface area contributed by atoms with E-state index in [1.54, 1.807) is 31.0 Å². The van der Waals surface area contributed by atoms with Crippen molar-refractivity contribution in [3.8, 4) is 5.75 Å². The molecule has 0 radical (unpaired) electrons. The van der Waals surface area contributed by atoms with Crippen molar-refractivity contribution in [1.82, 2.24) is 4.72 Å². The summed E-state index contributed by atoms with van der Waals surface area (Å²) in [4.78, 5) is 0.271. The second kappa shape index (κ2) is 7.42. The van der Waals surface area contributed by atoms with Crippen molar-refractivity contribution in [3.63, 3.8) is 0 Å². The average molecular weight is 360 g/mol. The van der Waals surface area contributed by atoms with Crippen LogP contribution < -0.4 is 9.46 Å². The predicted molar refractivity (Wildman–Crippen MR) is 94.0 cm³/mol. The summed E-state index contributed by atoms with van der Waals surface area (Å²) in [5.74, 6) is 2.57. The van der Waals surface area contributed by atoms with Gasteiger partial charge in [0.15, 0.2) is 0 Å². The van der Waals surface area contributed by atoms with Gasteiger partial charge < -0.3 is 9.47 Å². The molecule has 1 aromatic carbocycles. The van der Waals surface area contributed by atoms with E-state index in [-0.39, 0.29) is 4.90 Å². The Balaban J connectivity index is 2.19. The molecule has 0 spiro atoms. The van der Waals surface area contributed by atoms with E-state index >= 15 is 0 Å². The number of hydrogen-bond donors (Lipinski definition) is 1. The van der Waals surface area contributed by atoms with Crippen molar-refractivity contribution >= 4 is 21.8 Å². The summed E-state index contributed by atoms with van der Waals surface area (Å²) in [5, 5.41) is 0. The van der Waals surface area contributed by atoms with Gasteiger partial charge in [0.2, 0.25) is 10.0 Å². The Kier molecular flexibility index (Phi) is 5.99. The lowest BCUT2D eigenvalue weighted by Gasteiger charge is -2.26. The lowest BCUT2D eigenvalue weighted by Crippen LogP contribution is -2.44. The molecule has 0 aliphatic carbocycles.